The Labute approximate surface area is 128 Å². The number of amides is 1. The molecule has 0 aliphatic carbocycles. The number of aliphatic hydroxyl groups excluding tert-OH is 1. The van der Waals surface area contributed by atoms with Crippen molar-refractivity contribution in [1.82, 2.24) is 5.32 Å². The Morgan fingerprint density at radius 2 is 2.24 bits per heavy atom. The van der Waals surface area contributed by atoms with Gasteiger partial charge in [0.25, 0.3) is 5.91 Å². The Morgan fingerprint density at radius 1 is 1.43 bits per heavy atom. The van der Waals surface area contributed by atoms with Crippen LogP contribution in [0.25, 0.3) is 0 Å². The predicted molar refractivity (Wildman–Crippen MR) is 85.3 cm³/mol. The van der Waals surface area contributed by atoms with Crippen molar-refractivity contribution in [3.8, 4) is 11.8 Å². The average Bonchev–Trinajstić information content (AvgIpc) is 3.00. The molecule has 21 heavy (non-hydrogen) atoms. The van der Waals surface area contributed by atoms with Crippen LogP contribution in [0.2, 0.25) is 0 Å². The third-order valence-electron chi connectivity index (χ3n) is 3.18. The molecule has 2 aromatic rings. The van der Waals surface area contributed by atoms with Crippen LogP contribution in [-0.4, -0.2) is 17.6 Å². The number of hydrogen-bond donors (Lipinski definition) is 2. The molecule has 1 heterocycles. The molecule has 1 unspecified atom stereocenters. The number of nitrogens with one attached hydrogen (secondary N) is 1. The number of carbonyl (C=O) groups excluding carboxylic acids is 1. The van der Waals surface area contributed by atoms with E-state index in [-0.39, 0.29) is 18.6 Å². The molecule has 1 atom stereocenters. The summed E-state index contributed by atoms with van der Waals surface area (Å²) in [7, 11) is 0. The number of thiophene rings is 1. The Morgan fingerprint density at radius 3 is 2.90 bits per heavy atom. The largest absolute Gasteiger partial charge is 0.384 e. The zero-order valence-electron chi connectivity index (χ0n) is 12.0. The van der Waals surface area contributed by atoms with E-state index in [9.17, 15) is 4.79 Å². The number of hydrogen-bond acceptors (Lipinski definition) is 3. The molecule has 2 N–H and O–H groups in total. The molecule has 1 amide bonds. The average molecular weight is 299 g/mol. The number of aryl methyl sites for hydroxylation is 1. The number of benzene rings is 1. The number of carbonyl (C=O) groups is 1. The summed E-state index contributed by atoms with van der Waals surface area (Å²) in [6, 6.07) is 7.44. The first kappa shape index (κ1) is 15.3. The summed E-state index contributed by atoms with van der Waals surface area (Å²) in [5.74, 6) is 5.30. The van der Waals surface area contributed by atoms with Gasteiger partial charge in [0, 0.05) is 11.1 Å². The Balaban J connectivity index is 2.18. The van der Waals surface area contributed by atoms with E-state index < -0.39 is 0 Å². The van der Waals surface area contributed by atoms with Gasteiger partial charge in [-0.1, -0.05) is 17.9 Å². The van der Waals surface area contributed by atoms with E-state index in [4.69, 9.17) is 5.11 Å². The SMILES string of the molecule is Cc1ccc(C#CCO)cc1C(=O)NC(C)c1ccsc1. The fourth-order valence-electron chi connectivity index (χ4n) is 1.97. The fraction of sp³-hybridized carbons (Fsp3) is 0.235. The molecule has 0 spiro atoms. The molecule has 1 aromatic carbocycles. The second kappa shape index (κ2) is 7.07. The maximum Gasteiger partial charge on any atom is 0.252 e. The van der Waals surface area contributed by atoms with Gasteiger partial charge in [0.15, 0.2) is 0 Å². The maximum atomic E-state index is 12.4. The van der Waals surface area contributed by atoms with Crippen molar-refractivity contribution in [1.29, 1.82) is 0 Å². The summed E-state index contributed by atoms with van der Waals surface area (Å²) in [5.41, 5.74) is 3.34. The van der Waals surface area contributed by atoms with E-state index >= 15 is 0 Å². The van der Waals surface area contributed by atoms with Crippen LogP contribution in [0.4, 0.5) is 0 Å². The zero-order chi connectivity index (χ0) is 15.2. The van der Waals surface area contributed by atoms with Crippen LogP contribution in [-0.2, 0) is 0 Å². The van der Waals surface area contributed by atoms with E-state index in [1.54, 1.807) is 17.4 Å². The highest BCUT2D eigenvalue weighted by molar-refractivity contribution is 7.07. The Kier molecular flexibility index (Phi) is 5.15. The standard InChI is InChI=1S/C17H17NO2S/c1-12-5-6-14(4-3-8-19)10-16(12)17(20)18-13(2)15-7-9-21-11-15/h5-7,9-11,13,19H,8H2,1-2H3,(H,18,20). The van der Waals surface area contributed by atoms with Crippen molar-refractivity contribution in [2.24, 2.45) is 0 Å². The first-order valence-electron chi connectivity index (χ1n) is 6.65. The van der Waals surface area contributed by atoms with Crippen molar-refractivity contribution < 1.29 is 9.90 Å². The van der Waals surface area contributed by atoms with Crippen molar-refractivity contribution in [3.05, 3.63) is 57.3 Å². The summed E-state index contributed by atoms with van der Waals surface area (Å²) >= 11 is 1.61. The molecule has 0 fully saturated rings. The molecule has 0 saturated heterocycles. The highest BCUT2D eigenvalue weighted by Crippen LogP contribution is 2.17. The molecule has 0 radical (unpaired) electrons. The molecule has 0 saturated carbocycles. The van der Waals surface area contributed by atoms with Gasteiger partial charge < -0.3 is 10.4 Å². The fourth-order valence-corrected chi connectivity index (χ4v) is 2.72. The summed E-state index contributed by atoms with van der Waals surface area (Å²) in [4.78, 5) is 12.4. The molecule has 1 aromatic heterocycles. The zero-order valence-corrected chi connectivity index (χ0v) is 12.8. The van der Waals surface area contributed by atoms with Crippen molar-refractivity contribution in [2.45, 2.75) is 19.9 Å². The molecule has 0 aliphatic rings. The van der Waals surface area contributed by atoms with Gasteiger partial charge in [-0.05, 0) is 53.9 Å². The minimum absolute atomic E-state index is 0.0321. The molecule has 4 heteroatoms. The summed E-state index contributed by atoms with van der Waals surface area (Å²) in [5, 5.41) is 15.7. The number of rotatable bonds is 3. The van der Waals surface area contributed by atoms with E-state index in [0.717, 1.165) is 16.7 Å². The van der Waals surface area contributed by atoms with Crippen molar-refractivity contribution in [2.75, 3.05) is 6.61 Å². The van der Waals surface area contributed by atoms with Crippen LogP contribution in [0.5, 0.6) is 0 Å². The lowest BCUT2D eigenvalue weighted by molar-refractivity contribution is 0.0939. The summed E-state index contributed by atoms with van der Waals surface area (Å²) in [6.45, 7) is 3.67. The van der Waals surface area contributed by atoms with Gasteiger partial charge in [0.1, 0.15) is 6.61 Å². The van der Waals surface area contributed by atoms with Gasteiger partial charge in [-0.25, -0.2) is 0 Å². The lowest BCUT2D eigenvalue weighted by Crippen LogP contribution is -2.27. The minimum Gasteiger partial charge on any atom is -0.384 e. The summed E-state index contributed by atoms with van der Waals surface area (Å²) < 4.78 is 0. The van der Waals surface area contributed by atoms with Gasteiger partial charge in [-0.2, -0.15) is 11.3 Å². The van der Waals surface area contributed by atoms with Crippen LogP contribution in [0.3, 0.4) is 0 Å². The summed E-state index contributed by atoms with van der Waals surface area (Å²) in [6.07, 6.45) is 0. The van der Waals surface area contributed by atoms with Crippen LogP contribution in [0.15, 0.2) is 35.0 Å². The normalized spacial score (nSPS) is 11.4. The third kappa shape index (κ3) is 3.94. The van der Waals surface area contributed by atoms with Crippen molar-refractivity contribution in [3.63, 3.8) is 0 Å². The Bertz CT molecular complexity index is 681. The van der Waals surface area contributed by atoms with E-state index in [0.29, 0.717) is 5.56 Å². The quantitative estimate of drug-likeness (QED) is 0.856. The highest BCUT2D eigenvalue weighted by Gasteiger charge is 2.14. The molecule has 2 rings (SSSR count). The van der Waals surface area contributed by atoms with E-state index in [2.05, 4.69) is 17.2 Å². The molecule has 108 valence electrons. The van der Waals surface area contributed by atoms with Gasteiger partial charge in [-0.15, -0.1) is 0 Å². The predicted octanol–water partition coefficient (Wildman–Crippen LogP) is 2.89. The first-order chi connectivity index (χ1) is 10.1. The van der Waals surface area contributed by atoms with Gasteiger partial charge >= 0.3 is 0 Å². The smallest absolute Gasteiger partial charge is 0.252 e. The van der Waals surface area contributed by atoms with Crippen LogP contribution < -0.4 is 5.32 Å². The number of aliphatic hydroxyl groups is 1. The van der Waals surface area contributed by atoms with Gasteiger partial charge in [-0.3, -0.25) is 4.79 Å². The topological polar surface area (TPSA) is 49.3 Å². The van der Waals surface area contributed by atoms with E-state index in [1.165, 1.54) is 0 Å². The molecular weight excluding hydrogens is 282 g/mol. The second-order valence-corrected chi connectivity index (χ2v) is 5.52. The van der Waals surface area contributed by atoms with Gasteiger partial charge in [0.2, 0.25) is 0 Å². The van der Waals surface area contributed by atoms with Crippen molar-refractivity contribution >= 4 is 17.2 Å². The first-order valence-corrected chi connectivity index (χ1v) is 7.59. The third-order valence-corrected chi connectivity index (χ3v) is 3.89. The second-order valence-electron chi connectivity index (χ2n) is 4.74. The maximum absolute atomic E-state index is 12.4. The van der Waals surface area contributed by atoms with E-state index in [1.807, 2.05) is 42.8 Å². The van der Waals surface area contributed by atoms with Crippen LogP contribution in [0, 0.1) is 18.8 Å². The van der Waals surface area contributed by atoms with Crippen LogP contribution >= 0.6 is 11.3 Å². The molecule has 0 aliphatic heterocycles. The monoisotopic (exact) mass is 299 g/mol. The minimum atomic E-state index is -0.190. The Hall–Kier alpha value is -2.09. The van der Waals surface area contributed by atoms with Gasteiger partial charge in [0.05, 0.1) is 6.04 Å². The lowest BCUT2D eigenvalue weighted by Gasteiger charge is -2.14. The molecule has 3 nitrogen and oxygen atoms in total. The molecule has 0 bridgehead atoms. The van der Waals surface area contributed by atoms with Crippen LogP contribution in [0.1, 0.15) is 40.0 Å². The molecular formula is C17H17NO2S. The highest BCUT2D eigenvalue weighted by atomic mass is 32.1. The lowest BCUT2D eigenvalue weighted by atomic mass is 10.0.